The van der Waals surface area contributed by atoms with Gasteiger partial charge in [-0.3, -0.25) is 0 Å². The number of amides is 1. The Morgan fingerprint density at radius 3 is 2.41 bits per heavy atom. The zero-order valence-electron chi connectivity index (χ0n) is 12.9. The number of aryl methyl sites for hydroxylation is 1. The average Bonchev–Trinajstić information content (AvgIpc) is 2.35. The van der Waals surface area contributed by atoms with Crippen molar-refractivity contribution in [3.63, 3.8) is 0 Å². The number of carbonyl (C=O) groups excluding carboxylic acids is 1. The molecule has 0 radical (unpaired) electrons. The highest BCUT2D eigenvalue weighted by Gasteiger charge is 2.26. The Kier molecular flexibility index (Phi) is 5.46. The first-order valence-electron chi connectivity index (χ1n) is 6.67. The van der Waals surface area contributed by atoms with Crippen molar-refractivity contribution in [1.82, 2.24) is 5.32 Å². The number of hydrogen-bond donors (Lipinski definition) is 2. The number of nitrogens with one attached hydrogen (secondary N) is 1. The summed E-state index contributed by atoms with van der Waals surface area (Å²) in [6.45, 7) is 6.28. The maximum atomic E-state index is 13.9. The van der Waals surface area contributed by atoms with E-state index in [-0.39, 0.29) is 11.1 Å². The topological polar surface area (TPSA) is 75.6 Å². The van der Waals surface area contributed by atoms with E-state index < -0.39 is 41.8 Å². The van der Waals surface area contributed by atoms with E-state index in [2.05, 4.69) is 5.32 Å². The van der Waals surface area contributed by atoms with Crippen LogP contribution in [-0.4, -0.2) is 28.8 Å². The van der Waals surface area contributed by atoms with Crippen LogP contribution in [0.1, 0.15) is 31.9 Å². The van der Waals surface area contributed by atoms with Crippen LogP contribution in [0.3, 0.4) is 0 Å². The molecule has 0 aliphatic heterocycles. The molecular weight excluding hydrogens is 296 g/mol. The second-order valence-electron chi connectivity index (χ2n) is 5.90. The molecule has 1 atom stereocenters. The van der Waals surface area contributed by atoms with E-state index in [1.54, 1.807) is 20.8 Å². The number of benzene rings is 1. The summed E-state index contributed by atoms with van der Waals surface area (Å²) in [6.07, 6.45) is -1.48. The predicted molar refractivity (Wildman–Crippen MR) is 75.6 cm³/mol. The van der Waals surface area contributed by atoms with Gasteiger partial charge in [0.2, 0.25) is 0 Å². The van der Waals surface area contributed by atoms with Gasteiger partial charge >= 0.3 is 12.1 Å². The molecule has 1 amide bonds. The molecule has 1 aromatic rings. The van der Waals surface area contributed by atoms with Crippen molar-refractivity contribution in [2.75, 3.05) is 0 Å². The van der Waals surface area contributed by atoms with E-state index >= 15 is 0 Å². The molecule has 0 saturated carbocycles. The molecule has 0 fully saturated rings. The Labute approximate surface area is 127 Å². The minimum Gasteiger partial charge on any atom is -0.480 e. The zero-order chi connectivity index (χ0) is 17.1. The second kappa shape index (κ2) is 6.72. The largest absolute Gasteiger partial charge is 0.480 e. The fourth-order valence-corrected chi connectivity index (χ4v) is 1.76. The summed E-state index contributed by atoms with van der Waals surface area (Å²) in [5, 5.41) is 11.2. The molecule has 0 aromatic heterocycles. The van der Waals surface area contributed by atoms with Gasteiger partial charge in [-0.25, -0.2) is 18.4 Å². The van der Waals surface area contributed by atoms with Gasteiger partial charge < -0.3 is 15.2 Å². The van der Waals surface area contributed by atoms with Gasteiger partial charge in [-0.15, -0.1) is 0 Å². The van der Waals surface area contributed by atoms with Crippen molar-refractivity contribution in [3.05, 3.63) is 34.9 Å². The smallest absolute Gasteiger partial charge is 0.408 e. The summed E-state index contributed by atoms with van der Waals surface area (Å²) in [5.74, 6) is -3.09. The highest BCUT2D eigenvalue weighted by molar-refractivity contribution is 5.80. The van der Waals surface area contributed by atoms with E-state index in [0.717, 1.165) is 6.07 Å². The monoisotopic (exact) mass is 315 g/mol. The van der Waals surface area contributed by atoms with Crippen LogP contribution < -0.4 is 5.32 Å². The SMILES string of the molecule is Cc1ccc(F)c(C[C@@H](NC(=O)OC(C)(C)C)C(=O)O)c1F. The second-order valence-corrected chi connectivity index (χ2v) is 5.90. The van der Waals surface area contributed by atoms with E-state index in [9.17, 15) is 18.4 Å². The quantitative estimate of drug-likeness (QED) is 0.896. The fraction of sp³-hybridized carbons (Fsp3) is 0.467. The minimum atomic E-state index is -1.50. The predicted octanol–water partition coefficient (Wildman–Crippen LogP) is 2.79. The minimum absolute atomic E-state index is 0.192. The molecule has 0 unspecified atom stereocenters. The number of alkyl carbamates (subject to hydrolysis) is 1. The summed E-state index contributed by atoms with van der Waals surface area (Å²) in [7, 11) is 0. The number of carboxylic acid groups (broad SMARTS) is 1. The number of ether oxygens (including phenoxy) is 1. The summed E-state index contributed by atoms with van der Waals surface area (Å²) in [6, 6.07) is 0.811. The Bertz CT molecular complexity index is 582. The average molecular weight is 315 g/mol. The summed E-state index contributed by atoms with van der Waals surface area (Å²) in [5.41, 5.74) is -1.01. The number of carbonyl (C=O) groups is 2. The highest BCUT2D eigenvalue weighted by Crippen LogP contribution is 2.18. The summed E-state index contributed by atoms with van der Waals surface area (Å²) < 4.78 is 32.5. The lowest BCUT2D eigenvalue weighted by Crippen LogP contribution is -2.45. The molecule has 0 bridgehead atoms. The third kappa shape index (κ3) is 4.98. The van der Waals surface area contributed by atoms with E-state index in [4.69, 9.17) is 9.84 Å². The highest BCUT2D eigenvalue weighted by atomic mass is 19.1. The summed E-state index contributed by atoms with van der Waals surface area (Å²) >= 11 is 0. The molecule has 0 aliphatic rings. The van der Waals surface area contributed by atoms with E-state index in [0.29, 0.717) is 0 Å². The fourth-order valence-electron chi connectivity index (χ4n) is 1.76. The van der Waals surface area contributed by atoms with Crippen molar-refractivity contribution in [2.24, 2.45) is 0 Å². The first kappa shape index (κ1) is 17.9. The molecular formula is C15H19F2NO4. The van der Waals surface area contributed by atoms with Crippen LogP contribution in [0.2, 0.25) is 0 Å². The van der Waals surface area contributed by atoms with Crippen LogP contribution >= 0.6 is 0 Å². The normalized spacial score (nSPS) is 12.6. The van der Waals surface area contributed by atoms with Gasteiger partial charge in [0.15, 0.2) is 0 Å². The molecule has 5 nitrogen and oxygen atoms in total. The van der Waals surface area contributed by atoms with Gasteiger partial charge in [-0.05, 0) is 39.3 Å². The van der Waals surface area contributed by atoms with Crippen LogP contribution in [0.15, 0.2) is 12.1 Å². The number of carboxylic acids is 1. The standard InChI is InChI=1S/C15H19F2NO4/c1-8-5-6-10(16)9(12(8)17)7-11(13(19)20)18-14(21)22-15(2,3)4/h5-6,11H,7H2,1-4H3,(H,18,21)(H,19,20)/t11-/m1/s1. The Morgan fingerprint density at radius 2 is 1.91 bits per heavy atom. The molecule has 1 aromatic carbocycles. The van der Waals surface area contributed by atoms with Gasteiger partial charge in [0.25, 0.3) is 0 Å². The molecule has 0 saturated heterocycles. The maximum Gasteiger partial charge on any atom is 0.408 e. The number of aliphatic carboxylic acids is 1. The number of halogens is 2. The van der Waals surface area contributed by atoms with Crippen LogP contribution in [0, 0.1) is 18.6 Å². The molecule has 1 rings (SSSR count). The lowest BCUT2D eigenvalue weighted by Gasteiger charge is -2.22. The lowest BCUT2D eigenvalue weighted by molar-refractivity contribution is -0.139. The first-order valence-corrected chi connectivity index (χ1v) is 6.67. The molecule has 7 heteroatoms. The number of rotatable bonds is 4. The molecule has 22 heavy (non-hydrogen) atoms. The third-order valence-electron chi connectivity index (χ3n) is 2.78. The van der Waals surface area contributed by atoms with Crippen molar-refractivity contribution in [1.29, 1.82) is 0 Å². The molecule has 0 spiro atoms. The first-order chi connectivity index (χ1) is 10.0. The maximum absolute atomic E-state index is 13.9. The van der Waals surface area contributed by atoms with Crippen molar-refractivity contribution < 1.29 is 28.2 Å². The van der Waals surface area contributed by atoms with Crippen LogP contribution in [0.5, 0.6) is 0 Å². The Morgan fingerprint density at radius 1 is 1.32 bits per heavy atom. The molecule has 2 N–H and O–H groups in total. The number of hydrogen-bond acceptors (Lipinski definition) is 3. The molecule has 122 valence electrons. The van der Waals surface area contributed by atoms with Gasteiger partial charge in [-0.2, -0.15) is 0 Å². The van der Waals surface area contributed by atoms with E-state index in [1.165, 1.54) is 13.0 Å². The Balaban J connectivity index is 2.93. The van der Waals surface area contributed by atoms with Gasteiger partial charge in [-0.1, -0.05) is 6.07 Å². The van der Waals surface area contributed by atoms with Crippen LogP contribution in [-0.2, 0) is 16.0 Å². The zero-order valence-corrected chi connectivity index (χ0v) is 12.9. The van der Waals surface area contributed by atoms with Crippen molar-refractivity contribution in [3.8, 4) is 0 Å². The van der Waals surface area contributed by atoms with Crippen molar-refractivity contribution in [2.45, 2.75) is 45.8 Å². The van der Waals surface area contributed by atoms with Gasteiger partial charge in [0.05, 0.1) is 0 Å². The van der Waals surface area contributed by atoms with Gasteiger partial charge in [0, 0.05) is 12.0 Å². The third-order valence-corrected chi connectivity index (χ3v) is 2.78. The molecule has 0 aliphatic carbocycles. The van der Waals surface area contributed by atoms with Crippen molar-refractivity contribution >= 4 is 12.1 Å². The van der Waals surface area contributed by atoms with Crippen LogP contribution in [0.25, 0.3) is 0 Å². The Hall–Kier alpha value is -2.18. The van der Waals surface area contributed by atoms with Crippen LogP contribution in [0.4, 0.5) is 13.6 Å². The molecule has 0 heterocycles. The van der Waals surface area contributed by atoms with Gasteiger partial charge in [0.1, 0.15) is 23.3 Å². The van der Waals surface area contributed by atoms with E-state index in [1.807, 2.05) is 0 Å². The lowest BCUT2D eigenvalue weighted by atomic mass is 10.0. The summed E-state index contributed by atoms with van der Waals surface area (Å²) in [4.78, 5) is 22.8.